The number of nitrogens with zero attached hydrogens (tertiary/aromatic N) is 2. The molecule has 0 bridgehead atoms. The first-order chi connectivity index (χ1) is 13.2. The van der Waals surface area contributed by atoms with E-state index >= 15 is 0 Å². The first kappa shape index (κ1) is 20.6. The van der Waals surface area contributed by atoms with Crippen molar-refractivity contribution in [3.63, 3.8) is 0 Å². The molecule has 0 aromatic heterocycles. The van der Waals surface area contributed by atoms with Gasteiger partial charge < -0.3 is 16.0 Å². The highest BCUT2D eigenvalue weighted by Gasteiger charge is 2.21. The number of para-hydroxylation sites is 1. The number of fused-ring (bicyclic) bond motifs is 2. The van der Waals surface area contributed by atoms with Crippen LogP contribution in [0.3, 0.4) is 0 Å². The van der Waals surface area contributed by atoms with Gasteiger partial charge in [0.05, 0.1) is 0 Å². The number of hydrogen-bond donors (Lipinski definition) is 2. The number of aryl methyl sites for hydroxylation is 2. The zero-order valence-electron chi connectivity index (χ0n) is 16.0. The normalized spacial score (nSPS) is 15.9. The molecule has 1 aliphatic carbocycles. The van der Waals surface area contributed by atoms with Crippen molar-refractivity contribution in [2.75, 3.05) is 23.3 Å². The lowest BCUT2D eigenvalue weighted by Crippen LogP contribution is -2.37. The van der Waals surface area contributed by atoms with Crippen molar-refractivity contribution in [3.05, 3.63) is 59.2 Å². The van der Waals surface area contributed by atoms with Crippen LogP contribution in [0, 0.1) is 0 Å². The molecule has 0 spiro atoms. The van der Waals surface area contributed by atoms with Gasteiger partial charge in [-0.25, -0.2) is 4.99 Å². The molecular formula is C22H27IN4O. The quantitative estimate of drug-likeness (QED) is 0.390. The summed E-state index contributed by atoms with van der Waals surface area (Å²) in [6.07, 6.45) is 6.63. The molecule has 2 aromatic rings. The van der Waals surface area contributed by atoms with E-state index < -0.39 is 0 Å². The van der Waals surface area contributed by atoms with Crippen molar-refractivity contribution < 1.29 is 4.79 Å². The first-order valence-electron chi connectivity index (χ1n) is 9.78. The lowest BCUT2D eigenvalue weighted by atomic mass is 9.90. The maximum Gasteiger partial charge on any atom is 0.248 e. The van der Waals surface area contributed by atoms with Crippen LogP contribution in [0.2, 0.25) is 0 Å². The van der Waals surface area contributed by atoms with Gasteiger partial charge in [-0.3, -0.25) is 4.79 Å². The van der Waals surface area contributed by atoms with Crippen LogP contribution in [0.4, 0.5) is 11.4 Å². The van der Waals surface area contributed by atoms with Gasteiger partial charge in [-0.2, -0.15) is 0 Å². The zero-order valence-corrected chi connectivity index (χ0v) is 18.3. The Morgan fingerprint density at radius 1 is 1.00 bits per heavy atom. The van der Waals surface area contributed by atoms with E-state index in [2.05, 4.69) is 28.5 Å². The molecule has 0 saturated carbocycles. The molecule has 0 radical (unpaired) electrons. The Bertz CT molecular complexity index is 881. The average Bonchev–Trinajstić information content (AvgIpc) is 2.72. The highest BCUT2D eigenvalue weighted by molar-refractivity contribution is 14.0. The summed E-state index contributed by atoms with van der Waals surface area (Å²) < 4.78 is 0. The Labute approximate surface area is 183 Å². The molecule has 0 fully saturated rings. The Balaban J connectivity index is 0.00000225. The lowest BCUT2D eigenvalue weighted by Gasteiger charge is -2.29. The Kier molecular flexibility index (Phi) is 6.93. The van der Waals surface area contributed by atoms with Crippen LogP contribution in [-0.4, -0.2) is 25.0 Å². The third-order valence-electron chi connectivity index (χ3n) is 5.45. The molecule has 1 amide bonds. The van der Waals surface area contributed by atoms with E-state index in [0.717, 1.165) is 43.6 Å². The van der Waals surface area contributed by atoms with Gasteiger partial charge >= 0.3 is 0 Å². The van der Waals surface area contributed by atoms with Crippen molar-refractivity contribution in [1.29, 1.82) is 0 Å². The molecule has 3 N–H and O–H groups in total. The van der Waals surface area contributed by atoms with Crippen molar-refractivity contribution in [2.45, 2.75) is 38.5 Å². The smallest absolute Gasteiger partial charge is 0.248 e. The third-order valence-corrected chi connectivity index (χ3v) is 5.45. The number of halogens is 1. The lowest BCUT2D eigenvalue weighted by molar-refractivity contribution is -0.117. The van der Waals surface area contributed by atoms with Crippen LogP contribution in [-0.2, 0) is 24.1 Å². The third kappa shape index (κ3) is 4.48. The molecule has 5 nitrogen and oxygen atoms in total. The number of amides is 1. The molecule has 2 aromatic carbocycles. The summed E-state index contributed by atoms with van der Waals surface area (Å²) >= 11 is 0. The van der Waals surface area contributed by atoms with Crippen LogP contribution in [0.1, 0.15) is 36.0 Å². The SMILES string of the molecule is I.NC(=NCC(=O)N1CCCc2ccccc21)Nc1cccc2c1CCCC2. The number of nitrogens with one attached hydrogen (secondary N) is 1. The summed E-state index contributed by atoms with van der Waals surface area (Å²) in [6, 6.07) is 14.4. The fourth-order valence-corrected chi connectivity index (χ4v) is 4.11. The zero-order chi connectivity index (χ0) is 18.6. The van der Waals surface area contributed by atoms with Gasteiger partial charge in [0.25, 0.3) is 0 Å². The number of rotatable bonds is 3. The molecule has 1 heterocycles. The van der Waals surface area contributed by atoms with E-state index in [-0.39, 0.29) is 36.4 Å². The molecule has 4 rings (SSSR count). The van der Waals surface area contributed by atoms with E-state index in [1.165, 1.54) is 29.5 Å². The minimum absolute atomic E-state index is 0. The molecule has 2 aliphatic rings. The van der Waals surface area contributed by atoms with Gasteiger partial charge in [-0.1, -0.05) is 30.3 Å². The number of anilines is 2. The first-order valence-corrected chi connectivity index (χ1v) is 9.78. The maximum absolute atomic E-state index is 12.7. The van der Waals surface area contributed by atoms with E-state index in [0.29, 0.717) is 5.96 Å². The van der Waals surface area contributed by atoms with Crippen LogP contribution < -0.4 is 16.0 Å². The number of guanidine groups is 1. The van der Waals surface area contributed by atoms with Gasteiger partial charge in [-0.15, -0.1) is 24.0 Å². The fraction of sp³-hybridized carbons (Fsp3) is 0.364. The van der Waals surface area contributed by atoms with Crippen molar-refractivity contribution >= 4 is 47.2 Å². The second-order valence-electron chi connectivity index (χ2n) is 7.25. The predicted octanol–water partition coefficient (Wildman–Crippen LogP) is 3.89. The minimum atomic E-state index is -0.0120. The van der Waals surface area contributed by atoms with Gasteiger partial charge in [-0.05, 0) is 67.3 Å². The van der Waals surface area contributed by atoms with Crippen molar-refractivity contribution in [1.82, 2.24) is 0 Å². The van der Waals surface area contributed by atoms with Crippen LogP contribution >= 0.6 is 24.0 Å². The van der Waals surface area contributed by atoms with Crippen molar-refractivity contribution in [2.24, 2.45) is 10.7 Å². The molecule has 28 heavy (non-hydrogen) atoms. The highest BCUT2D eigenvalue weighted by Crippen LogP contribution is 2.28. The summed E-state index contributed by atoms with van der Waals surface area (Å²) in [7, 11) is 0. The molecule has 0 atom stereocenters. The summed E-state index contributed by atoms with van der Waals surface area (Å²) in [5.74, 6) is 0.287. The van der Waals surface area contributed by atoms with E-state index in [1.807, 2.05) is 29.2 Å². The van der Waals surface area contributed by atoms with E-state index in [9.17, 15) is 4.79 Å². The Morgan fingerprint density at radius 3 is 2.64 bits per heavy atom. The number of nitrogens with two attached hydrogens (primary N) is 1. The largest absolute Gasteiger partial charge is 0.370 e. The Hall–Kier alpha value is -2.09. The molecule has 0 saturated heterocycles. The van der Waals surface area contributed by atoms with Crippen molar-refractivity contribution in [3.8, 4) is 0 Å². The number of benzene rings is 2. The van der Waals surface area contributed by atoms with Crippen LogP contribution in [0.15, 0.2) is 47.5 Å². The second-order valence-corrected chi connectivity index (χ2v) is 7.25. The summed E-state index contributed by atoms with van der Waals surface area (Å²) in [5.41, 5.74) is 12.0. The molecule has 0 unspecified atom stereocenters. The highest BCUT2D eigenvalue weighted by atomic mass is 127. The van der Waals surface area contributed by atoms with Gasteiger partial charge in [0.2, 0.25) is 5.91 Å². The van der Waals surface area contributed by atoms with Gasteiger partial charge in [0.1, 0.15) is 6.54 Å². The fourth-order valence-electron chi connectivity index (χ4n) is 4.11. The van der Waals surface area contributed by atoms with E-state index in [4.69, 9.17) is 5.73 Å². The standard InChI is InChI=1S/C22H26N4O.HI/c23-22(25-19-12-5-9-16-7-1-3-11-18(16)19)24-15-21(27)26-14-6-10-17-8-2-4-13-20(17)26;/h2,4-5,8-9,12-13H,1,3,6-7,10-11,14-15H2,(H3,23,24,25);1H. The van der Waals surface area contributed by atoms with Crippen LogP contribution in [0.5, 0.6) is 0 Å². The number of carbonyl (C=O) groups excluding carboxylic acids is 1. The molecular weight excluding hydrogens is 463 g/mol. The predicted molar refractivity (Wildman–Crippen MR) is 126 cm³/mol. The summed E-state index contributed by atoms with van der Waals surface area (Å²) in [4.78, 5) is 18.8. The number of carbonyl (C=O) groups is 1. The average molecular weight is 490 g/mol. The summed E-state index contributed by atoms with van der Waals surface area (Å²) in [5, 5.41) is 3.20. The molecule has 6 heteroatoms. The number of hydrogen-bond acceptors (Lipinski definition) is 2. The van der Waals surface area contributed by atoms with E-state index in [1.54, 1.807) is 0 Å². The second kappa shape index (κ2) is 9.41. The monoisotopic (exact) mass is 490 g/mol. The summed E-state index contributed by atoms with van der Waals surface area (Å²) in [6.45, 7) is 0.799. The van der Waals surface area contributed by atoms with Crippen LogP contribution in [0.25, 0.3) is 0 Å². The Morgan fingerprint density at radius 2 is 1.75 bits per heavy atom. The van der Waals surface area contributed by atoms with Gasteiger partial charge in [0, 0.05) is 17.9 Å². The molecule has 1 aliphatic heterocycles. The topological polar surface area (TPSA) is 70.7 Å². The maximum atomic E-state index is 12.7. The number of aliphatic imine (C=N–C) groups is 1. The van der Waals surface area contributed by atoms with Gasteiger partial charge in [0.15, 0.2) is 5.96 Å². The molecule has 148 valence electrons. The minimum Gasteiger partial charge on any atom is -0.370 e.